The van der Waals surface area contributed by atoms with Crippen LogP contribution in [-0.2, 0) is 5.41 Å². The Morgan fingerprint density at radius 2 is 1.95 bits per heavy atom. The summed E-state index contributed by atoms with van der Waals surface area (Å²) in [6.07, 6.45) is 3.15. The number of aliphatic hydroxyl groups excluding tert-OH is 1. The van der Waals surface area contributed by atoms with Gasteiger partial charge in [-0.1, -0.05) is 55.9 Å². The number of hydrogen-bond acceptors (Lipinski definition) is 4. The molecule has 0 radical (unpaired) electrons. The third kappa shape index (κ3) is 2.74. The fourth-order valence-corrected chi connectivity index (χ4v) is 3.76. The van der Waals surface area contributed by atoms with Crippen molar-refractivity contribution in [3.05, 3.63) is 46.0 Å². The molecular formula is C17H22N2OS. The zero-order valence-corrected chi connectivity index (χ0v) is 13.7. The van der Waals surface area contributed by atoms with E-state index in [0.29, 0.717) is 5.92 Å². The molecule has 1 aliphatic rings. The molecule has 0 amide bonds. The first kappa shape index (κ1) is 14.7. The Morgan fingerprint density at radius 1 is 1.24 bits per heavy atom. The van der Waals surface area contributed by atoms with E-state index in [-0.39, 0.29) is 5.41 Å². The second kappa shape index (κ2) is 5.50. The molecule has 3 nitrogen and oxygen atoms in total. The summed E-state index contributed by atoms with van der Waals surface area (Å²) in [5.74, 6) is 0.606. The molecule has 0 bridgehead atoms. The molecule has 1 aromatic carbocycles. The standard InChI is InChI=1S/C17H22N2OS/c1-17(2,3)16-15(21-19-18-16)14(20)13-10-5-4-9-12(13)11-7-6-8-11/h4-5,9-11,14,20H,6-8H2,1-3H3. The summed E-state index contributed by atoms with van der Waals surface area (Å²) in [5, 5.41) is 15.2. The van der Waals surface area contributed by atoms with Crippen LogP contribution in [0, 0.1) is 0 Å². The molecule has 1 aromatic heterocycles. The van der Waals surface area contributed by atoms with E-state index in [2.05, 4.69) is 42.5 Å². The van der Waals surface area contributed by atoms with E-state index >= 15 is 0 Å². The fourth-order valence-electron chi connectivity index (χ4n) is 2.89. The summed E-state index contributed by atoms with van der Waals surface area (Å²) in [6, 6.07) is 8.28. The summed E-state index contributed by atoms with van der Waals surface area (Å²) < 4.78 is 4.08. The molecule has 1 saturated carbocycles. The van der Waals surface area contributed by atoms with Gasteiger partial charge in [-0.25, -0.2) is 0 Å². The highest BCUT2D eigenvalue weighted by Gasteiger charge is 2.30. The Balaban J connectivity index is 2.00. The van der Waals surface area contributed by atoms with Crippen molar-refractivity contribution in [1.29, 1.82) is 0 Å². The topological polar surface area (TPSA) is 46.0 Å². The molecule has 2 aromatic rings. The van der Waals surface area contributed by atoms with Crippen molar-refractivity contribution in [2.24, 2.45) is 0 Å². The van der Waals surface area contributed by atoms with E-state index in [9.17, 15) is 5.11 Å². The summed E-state index contributed by atoms with van der Waals surface area (Å²) >= 11 is 1.31. The zero-order chi connectivity index (χ0) is 15.0. The van der Waals surface area contributed by atoms with Crippen LogP contribution in [0.4, 0.5) is 0 Å². The Kier molecular flexibility index (Phi) is 3.84. The van der Waals surface area contributed by atoms with E-state index in [4.69, 9.17) is 0 Å². The fraction of sp³-hybridized carbons (Fsp3) is 0.529. The lowest BCUT2D eigenvalue weighted by Gasteiger charge is -2.29. The minimum Gasteiger partial charge on any atom is -0.383 e. The highest BCUT2D eigenvalue weighted by Crippen LogP contribution is 2.42. The van der Waals surface area contributed by atoms with Crippen molar-refractivity contribution in [3.63, 3.8) is 0 Å². The van der Waals surface area contributed by atoms with Crippen LogP contribution in [0.25, 0.3) is 0 Å². The molecule has 1 atom stereocenters. The lowest BCUT2D eigenvalue weighted by Crippen LogP contribution is -2.18. The van der Waals surface area contributed by atoms with E-state index < -0.39 is 6.10 Å². The Morgan fingerprint density at radius 3 is 2.57 bits per heavy atom. The lowest BCUT2D eigenvalue weighted by atomic mass is 9.77. The van der Waals surface area contributed by atoms with Gasteiger partial charge in [0.25, 0.3) is 0 Å². The molecule has 0 aliphatic heterocycles. The maximum Gasteiger partial charge on any atom is 0.117 e. The highest BCUT2D eigenvalue weighted by atomic mass is 32.1. The van der Waals surface area contributed by atoms with Crippen molar-refractivity contribution < 1.29 is 5.11 Å². The Hall–Kier alpha value is -1.26. The number of aromatic nitrogens is 2. The van der Waals surface area contributed by atoms with Crippen molar-refractivity contribution in [2.45, 2.75) is 57.5 Å². The predicted octanol–water partition coefficient (Wildman–Crippen LogP) is 4.18. The maximum atomic E-state index is 10.9. The van der Waals surface area contributed by atoms with Gasteiger partial charge >= 0.3 is 0 Å². The number of aliphatic hydroxyl groups is 1. The van der Waals surface area contributed by atoms with Gasteiger partial charge < -0.3 is 5.11 Å². The van der Waals surface area contributed by atoms with Gasteiger partial charge in [-0.15, -0.1) is 5.10 Å². The second-order valence-electron chi connectivity index (χ2n) is 6.90. The SMILES string of the molecule is CC(C)(C)c1nnsc1C(O)c1ccccc1C1CCC1. The van der Waals surface area contributed by atoms with Crippen LogP contribution in [-0.4, -0.2) is 14.7 Å². The van der Waals surface area contributed by atoms with Crippen molar-refractivity contribution in [2.75, 3.05) is 0 Å². The molecule has 1 fully saturated rings. The third-order valence-corrected chi connectivity index (χ3v) is 5.08. The van der Waals surface area contributed by atoms with Gasteiger partial charge in [-0.3, -0.25) is 0 Å². The minimum absolute atomic E-state index is 0.102. The van der Waals surface area contributed by atoms with Crippen molar-refractivity contribution in [3.8, 4) is 0 Å². The van der Waals surface area contributed by atoms with Crippen LogP contribution in [0.15, 0.2) is 24.3 Å². The van der Waals surface area contributed by atoms with Crippen LogP contribution in [0.1, 0.15) is 73.8 Å². The van der Waals surface area contributed by atoms with Gasteiger partial charge in [0, 0.05) is 5.41 Å². The molecule has 1 N–H and O–H groups in total. The van der Waals surface area contributed by atoms with Gasteiger partial charge in [-0.2, -0.15) is 0 Å². The summed E-state index contributed by atoms with van der Waals surface area (Å²) in [4.78, 5) is 0.884. The van der Waals surface area contributed by atoms with E-state index in [1.807, 2.05) is 12.1 Å². The number of benzene rings is 1. The minimum atomic E-state index is -0.615. The molecule has 3 rings (SSSR count). The first-order chi connectivity index (χ1) is 9.98. The predicted molar refractivity (Wildman–Crippen MR) is 85.7 cm³/mol. The van der Waals surface area contributed by atoms with Gasteiger partial charge in [0.05, 0.1) is 10.6 Å². The second-order valence-corrected chi connectivity index (χ2v) is 7.68. The molecule has 1 heterocycles. The van der Waals surface area contributed by atoms with Crippen LogP contribution in [0.3, 0.4) is 0 Å². The molecule has 1 unspecified atom stereocenters. The van der Waals surface area contributed by atoms with Crippen molar-refractivity contribution >= 4 is 11.5 Å². The van der Waals surface area contributed by atoms with Gasteiger partial charge in [-0.05, 0) is 41.4 Å². The lowest BCUT2D eigenvalue weighted by molar-refractivity contribution is 0.218. The number of nitrogens with zero attached hydrogens (tertiary/aromatic N) is 2. The number of rotatable bonds is 3. The van der Waals surface area contributed by atoms with Crippen LogP contribution in [0.5, 0.6) is 0 Å². The average Bonchev–Trinajstić information content (AvgIpc) is 2.85. The zero-order valence-electron chi connectivity index (χ0n) is 12.8. The Labute approximate surface area is 130 Å². The van der Waals surface area contributed by atoms with Gasteiger partial charge in [0.2, 0.25) is 0 Å². The molecule has 1 aliphatic carbocycles. The Bertz CT molecular complexity index is 626. The quantitative estimate of drug-likeness (QED) is 0.925. The van der Waals surface area contributed by atoms with Crippen molar-refractivity contribution in [1.82, 2.24) is 9.59 Å². The normalized spacial score (nSPS) is 17.5. The summed E-state index contributed by atoms with van der Waals surface area (Å²) in [6.45, 7) is 6.33. The van der Waals surface area contributed by atoms with Crippen LogP contribution < -0.4 is 0 Å². The first-order valence-electron chi connectivity index (χ1n) is 7.58. The molecular weight excluding hydrogens is 280 g/mol. The molecule has 0 spiro atoms. The van der Waals surface area contributed by atoms with Gasteiger partial charge in [0.15, 0.2) is 0 Å². The molecule has 0 saturated heterocycles. The van der Waals surface area contributed by atoms with Crippen LogP contribution >= 0.6 is 11.5 Å². The van der Waals surface area contributed by atoms with Crippen LogP contribution in [0.2, 0.25) is 0 Å². The van der Waals surface area contributed by atoms with E-state index in [0.717, 1.165) is 16.1 Å². The maximum absolute atomic E-state index is 10.9. The molecule has 4 heteroatoms. The summed E-state index contributed by atoms with van der Waals surface area (Å²) in [7, 11) is 0. The monoisotopic (exact) mass is 302 g/mol. The van der Waals surface area contributed by atoms with E-state index in [1.54, 1.807) is 0 Å². The number of hydrogen-bond donors (Lipinski definition) is 1. The average molecular weight is 302 g/mol. The molecule has 112 valence electrons. The smallest absolute Gasteiger partial charge is 0.117 e. The largest absolute Gasteiger partial charge is 0.383 e. The highest BCUT2D eigenvalue weighted by molar-refractivity contribution is 7.05. The van der Waals surface area contributed by atoms with E-state index in [1.165, 1.54) is 36.4 Å². The third-order valence-electron chi connectivity index (χ3n) is 4.31. The summed E-state index contributed by atoms with van der Waals surface area (Å²) in [5.41, 5.74) is 3.13. The molecule has 21 heavy (non-hydrogen) atoms. The first-order valence-corrected chi connectivity index (χ1v) is 8.35. The van der Waals surface area contributed by atoms with Gasteiger partial charge in [0.1, 0.15) is 6.10 Å².